The third kappa shape index (κ3) is 3.62. The molecule has 18 heavy (non-hydrogen) atoms. The lowest BCUT2D eigenvalue weighted by Gasteiger charge is -2.33. The van der Waals surface area contributed by atoms with Crippen LogP contribution in [0, 0.1) is 0 Å². The van der Waals surface area contributed by atoms with Gasteiger partial charge in [0.25, 0.3) is 0 Å². The normalized spacial score (nSPS) is 22.1. The lowest BCUT2D eigenvalue weighted by Crippen LogP contribution is -2.40. The van der Waals surface area contributed by atoms with Crippen LogP contribution in [-0.4, -0.2) is 37.1 Å². The molecule has 3 heteroatoms. The average Bonchev–Trinajstić information content (AvgIpc) is 2.32. The number of hydrogen-bond donors (Lipinski definition) is 0. The zero-order valence-corrected chi connectivity index (χ0v) is 13.9. The predicted octanol–water partition coefficient (Wildman–Crippen LogP) is 3.17. The number of benzene rings is 1. The van der Waals surface area contributed by atoms with Crippen LogP contribution >= 0.6 is 11.8 Å². The lowest BCUT2D eigenvalue weighted by atomic mass is 10.2. The molecule has 0 bridgehead atoms. The van der Waals surface area contributed by atoms with Crippen molar-refractivity contribution in [3.63, 3.8) is 0 Å². The Morgan fingerprint density at radius 1 is 1.22 bits per heavy atom. The van der Waals surface area contributed by atoms with Gasteiger partial charge in [-0.15, -0.1) is 0 Å². The van der Waals surface area contributed by atoms with Crippen molar-refractivity contribution in [3.8, 4) is 0 Å². The summed E-state index contributed by atoms with van der Waals surface area (Å²) in [5.74, 6) is 2.57. The van der Waals surface area contributed by atoms with Gasteiger partial charge in [-0.05, 0) is 12.5 Å². The van der Waals surface area contributed by atoms with Gasteiger partial charge in [0.2, 0.25) is 0 Å². The van der Waals surface area contributed by atoms with Crippen LogP contribution in [0.25, 0.3) is 0 Å². The number of rotatable bonds is 3. The highest BCUT2D eigenvalue weighted by Crippen LogP contribution is 2.18. The molecule has 1 aromatic rings. The second kappa shape index (κ2) is 5.80. The molecule has 1 aliphatic heterocycles. The maximum absolute atomic E-state index is 2.61. The highest BCUT2D eigenvalue weighted by molar-refractivity contribution is 7.99. The summed E-state index contributed by atoms with van der Waals surface area (Å²) in [6, 6.07) is 10.1. The Kier molecular flexibility index (Phi) is 4.57. The van der Waals surface area contributed by atoms with Gasteiger partial charge in [0, 0.05) is 30.6 Å². The van der Waals surface area contributed by atoms with Gasteiger partial charge in [-0.1, -0.05) is 49.1 Å². The molecule has 2 rings (SSSR count). The van der Waals surface area contributed by atoms with Crippen molar-refractivity contribution in [2.75, 3.05) is 18.1 Å². The molecule has 1 aliphatic rings. The van der Waals surface area contributed by atoms with Gasteiger partial charge < -0.3 is 0 Å². The molecular weight excluding hydrogens is 254 g/mol. The van der Waals surface area contributed by atoms with Gasteiger partial charge in [0.15, 0.2) is 0 Å². The fourth-order valence-electron chi connectivity index (χ4n) is 2.34. The molecule has 0 N–H and O–H groups in total. The molecule has 100 valence electrons. The van der Waals surface area contributed by atoms with E-state index in [1.165, 1.54) is 23.6 Å². The van der Waals surface area contributed by atoms with Crippen molar-refractivity contribution < 1.29 is 0 Å². The molecular formula is C15H25NSSi. The smallest absolute Gasteiger partial charge is 0.0775 e. The van der Waals surface area contributed by atoms with Crippen LogP contribution in [0.4, 0.5) is 0 Å². The molecule has 1 nitrogen and oxygen atoms in total. The third-order valence-corrected chi connectivity index (χ3v) is 6.97. The van der Waals surface area contributed by atoms with E-state index in [1.807, 2.05) is 0 Å². The first kappa shape index (κ1) is 14.2. The second-order valence-corrected chi connectivity index (χ2v) is 12.6. The Bertz CT molecular complexity index is 382. The molecule has 1 heterocycles. The lowest BCUT2D eigenvalue weighted by molar-refractivity contribution is 0.224. The van der Waals surface area contributed by atoms with E-state index in [-0.39, 0.29) is 0 Å². The van der Waals surface area contributed by atoms with Crippen LogP contribution in [-0.2, 0) is 6.54 Å². The quantitative estimate of drug-likeness (QED) is 0.782. The van der Waals surface area contributed by atoms with Crippen molar-refractivity contribution in [3.05, 3.63) is 29.8 Å². The maximum Gasteiger partial charge on any atom is 0.0775 e. The molecule has 0 aromatic heterocycles. The Labute approximate surface area is 117 Å². The van der Waals surface area contributed by atoms with Crippen LogP contribution in [0.5, 0.6) is 0 Å². The second-order valence-electron chi connectivity index (χ2n) is 6.34. The van der Waals surface area contributed by atoms with E-state index in [0.717, 1.165) is 12.6 Å². The first-order valence-corrected chi connectivity index (χ1v) is 11.5. The maximum atomic E-state index is 2.61. The monoisotopic (exact) mass is 279 g/mol. The number of hydrogen-bond acceptors (Lipinski definition) is 2. The van der Waals surface area contributed by atoms with E-state index in [4.69, 9.17) is 0 Å². The fraction of sp³-hybridized carbons (Fsp3) is 0.600. The van der Waals surface area contributed by atoms with Gasteiger partial charge in [-0.25, -0.2) is 0 Å². The van der Waals surface area contributed by atoms with Crippen molar-refractivity contribution in [1.82, 2.24) is 4.90 Å². The summed E-state index contributed by atoms with van der Waals surface area (Å²) >= 11 is 2.09. The Morgan fingerprint density at radius 2 is 1.89 bits per heavy atom. The van der Waals surface area contributed by atoms with Crippen molar-refractivity contribution in [1.29, 1.82) is 0 Å². The largest absolute Gasteiger partial charge is 0.295 e. The number of thioether (sulfide) groups is 1. The van der Waals surface area contributed by atoms with Crippen molar-refractivity contribution >= 4 is 25.0 Å². The SMILES string of the molecule is CC1CSCCN1Cc1ccc([Si](C)(C)C)cc1. The Hall–Kier alpha value is -0.253. The summed E-state index contributed by atoms with van der Waals surface area (Å²) in [6.45, 7) is 11.9. The predicted molar refractivity (Wildman–Crippen MR) is 86.6 cm³/mol. The molecule has 0 radical (unpaired) electrons. The van der Waals surface area contributed by atoms with Gasteiger partial charge in [0.1, 0.15) is 0 Å². The minimum absolute atomic E-state index is 0.723. The molecule has 1 saturated heterocycles. The molecule has 1 unspecified atom stereocenters. The van der Waals surface area contributed by atoms with E-state index in [0.29, 0.717) is 0 Å². The average molecular weight is 280 g/mol. The van der Waals surface area contributed by atoms with Gasteiger partial charge in [-0.3, -0.25) is 4.90 Å². The Balaban J connectivity index is 2.02. The highest BCUT2D eigenvalue weighted by Gasteiger charge is 2.19. The summed E-state index contributed by atoms with van der Waals surface area (Å²) in [7, 11) is -1.14. The van der Waals surface area contributed by atoms with E-state index in [9.17, 15) is 0 Å². The summed E-state index contributed by atoms with van der Waals surface area (Å²) in [4.78, 5) is 2.61. The minimum Gasteiger partial charge on any atom is -0.295 e. The Morgan fingerprint density at radius 3 is 2.44 bits per heavy atom. The molecule has 0 aliphatic carbocycles. The standard InChI is InChI=1S/C15H25NSSi/c1-13-12-17-10-9-16(13)11-14-5-7-15(8-6-14)18(2,3)4/h5-8,13H,9-12H2,1-4H3. The van der Waals surface area contributed by atoms with E-state index < -0.39 is 8.07 Å². The first-order chi connectivity index (χ1) is 8.47. The third-order valence-electron chi connectivity index (χ3n) is 3.71. The highest BCUT2D eigenvalue weighted by atomic mass is 32.2. The summed E-state index contributed by atoms with van der Waals surface area (Å²) in [5.41, 5.74) is 1.47. The molecule has 0 saturated carbocycles. The molecule has 0 spiro atoms. The fourth-order valence-corrected chi connectivity index (χ4v) is 4.59. The van der Waals surface area contributed by atoms with E-state index in [2.05, 4.69) is 67.5 Å². The number of nitrogens with zero attached hydrogens (tertiary/aromatic N) is 1. The van der Waals surface area contributed by atoms with E-state index >= 15 is 0 Å². The molecule has 1 atom stereocenters. The van der Waals surface area contributed by atoms with E-state index in [1.54, 1.807) is 5.19 Å². The van der Waals surface area contributed by atoms with Gasteiger partial charge in [-0.2, -0.15) is 11.8 Å². The minimum atomic E-state index is -1.14. The van der Waals surface area contributed by atoms with Gasteiger partial charge >= 0.3 is 0 Å². The molecule has 1 fully saturated rings. The van der Waals surface area contributed by atoms with Gasteiger partial charge in [0.05, 0.1) is 8.07 Å². The topological polar surface area (TPSA) is 3.24 Å². The summed E-state index contributed by atoms with van der Waals surface area (Å²) in [5, 5.41) is 1.56. The van der Waals surface area contributed by atoms with Crippen molar-refractivity contribution in [2.24, 2.45) is 0 Å². The summed E-state index contributed by atoms with van der Waals surface area (Å²) in [6.07, 6.45) is 0. The van der Waals surface area contributed by atoms with Crippen LogP contribution in [0.2, 0.25) is 19.6 Å². The van der Waals surface area contributed by atoms with Crippen LogP contribution in [0.1, 0.15) is 12.5 Å². The van der Waals surface area contributed by atoms with Crippen molar-refractivity contribution in [2.45, 2.75) is 39.2 Å². The summed E-state index contributed by atoms with van der Waals surface area (Å²) < 4.78 is 0. The van der Waals surface area contributed by atoms with Crippen LogP contribution in [0.15, 0.2) is 24.3 Å². The zero-order chi connectivity index (χ0) is 13.2. The zero-order valence-electron chi connectivity index (χ0n) is 12.1. The van der Waals surface area contributed by atoms with Crippen LogP contribution < -0.4 is 5.19 Å². The molecule has 0 amide bonds. The first-order valence-electron chi connectivity index (χ1n) is 6.88. The van der Waals surface area contributed by atoms with Crippen LogP contribution in [0.3, 0.4) is 0 Å². The molecule has 1 aromatic carbocycles.